The number of pyridine rings is 1. The van der Waals surface area contributed by atoms with Gasteiger partial charge in [-0.3, -0.25) is 4.79 Å². The number of anilines is 2. The van der Waals surface area contributed by atoms with Gasteiger partial charge in [0.1, 0.15) is 17.3 Å². The van der Waals surface area contributed by atoms with Crippen molar-refractivity contribution in [1.82, 2.24) is 9.88 Å². The van der Waals surface area contributed by atoms with Crippen molar-refractivity contribution < 1.29 is 14.3 Å². The number of amides is 1. The second-order valence-electron chi connectivity index (χ2n) is 6.84. The van der Waals surface area contributed by atoms with Crippen LogP contribution in [0.1, 0.15) is 21.5 Å². The first kappa shape index (κ1) is 18.8. The van der Waals surface area contributed by atoms with Gasteiger partial charge in [-0.25, -0.2) is 4.98 Å². The van der Waals surface area contributed by atoms with E-state index in [1.165, 1.54) is 5.56 Å². The van der Waals surface area contributed by atoms with Gasteiger partial charge in [0.15, 0.2) is 0 Å². The molecule has 1 N–H and O–H groups in total. The molecule has 4 rings (SSSR count). The highest BCUT2D eigenvalue weighted by atomic mass is 16.5. The van der Waals surface area contributed by atoms with Crippen LogP contribution in [0.25, 0.3) is 0 Å². The molecule has 0 fully saturated rings. The van der Waals surface area contributed by atoms with Crippen molar-refractivity contribution >= 4 is 17.4 Å². The summed E-state index contributed by atoms with van der Waals surface area (Å²) in [4.78, 5) is 19.6. The van der Waals surface area contributed by atoms with Crippen molar-refractivity contribution in [2.75, 3.05) is 26.1 Å². The zero-order valence-electron chi connectivity index (χ0n) is 16.5. The lowest BCUT2D eigenvalue weighted by Gasteiger charge is -2.29. The molecule has 148 valence electrons. The topological polar surface area (TPSA) is 63.7 Å². The molecule has 0 saturated heterocycles. The van der Waals surface area contributed by atoms with E-state index in [0.717, 1.165) is 23.4 Å². The number of benzene rings is 2. The molecular formula is C23H23N3O3. The molecule has 1 amide bonds. The highest BCUT2D eigenvalue weighted by molar-refractivity contribution is 5.99. The van der Waals surface area contributed by atoms with Gasteiger partial charge in [0.2, 0.25) is 0 Å². The summed E-state index contributed by atoms with van der Waals surface area (Å²) in [6.07, 6.45) is 2.49. The summed E-state index contributed by atoms with van der Waals surface area (Å²) < 4.78 is 10.7. The smallest absolute Gasteiger partial charge is 0.257 e. The van der Waals surface area contributed by atoms with Gasteiger partial charge < -0.3 is 19.7 Å². The molecule has 3 aromatic rings. The van der Waals surface area contributed by atoms with E-state index in [-0.39, 0.29) is 5.91 Å². The van der Waals surface area contributed by atoms with Gasteiger partial charge in [0, 0.05) is 19.3 Å². The van der Waals surface area contributed by atoms with Crippen LogP contribution in [0.5, 0.6) is 11.5 Å². The van der Waals surface area contributed by atoms with E-state index in [9.17, 15) is 4.79 Å². The molecule has 0 spiro atoms. The molecule has 2 aromatic carbocycles. The molecule has 1 aliphatic heterocycles. The van der Waals surface area contributed by atoms with E-state index in [0.29, 0.717) is 30.2 Å². The van der Waals surface area contributed by atoms with Crippen LogP contribution < -0.4 is 14.8 Å². The Morgan fingerprint density at radius 1 is 1.03 bits per heavy atom. The lowest BCUT2D eigenvalue weighted by atomic mass is 9.99. The lowest BCUT2D eigenvalue weighted by molar-refractivity contribution is 0.0735. The Balaban J connectivity index is 1.60. The van der Waals surface area contributed by atoms with Crippen molar-refractivity contribution in [2.24, 2.45) is 0 Å². The summed E-state index contributed by atoms with van der Waals surface area (Å²) in [6, 6.07) is 17.2. The first-order chi connectivity index (χ1) is 14.2. The van der Waals surface area contributed by atoms with Crippen LogP contribution in [0.4, 0.5) is 11.5 Å². The molecule has 1 aliphatic rings. The van der Waals surface area contributed by atoms with Gasteiger partial charge in [0.25, 0.3) is 5.91 Å². The predicted octanol–water partition coefficient (Wildman–Crippen LogP) is 4.04. The average Bonchev–Trinajstić information content (AvgIpc) is 2.78. The normalized spacial score (nSPS) is 12.8. The predicted molar refractivity (Wildman–Crippen MR) is 112 cm³/mol. The number of methoxy groups -OCH3 is 2. The van der Waals surface area contributed by atoms with Crippen molar-refractivity contribution in [3.05, 3.63) is 77.5 Å². The summed E-state index contributed by atoms with van der Waals surface area (Å²) >= 11 is 0. The van der Waals surface area contributed by atoms with Gasteiger partial charge in [-0.15, -0.1) is 0 Å². The van der Waals surface area contributed by atoms with E-state index in [1.807, 2.05) is 41.3 Å². The lowest BCUT2D eigenvalue weighted by Crippen LogP contribution is -2.36. The third-order valence-electron chi connectivity index (χ3n) is 5.11. The summed E-state index contributed by atoms with van der Waals surface area (Å²) in [6.45, 7) is 1.22. The maximum absolute atomic E-state index is 13.3. The van der Waals surface area contributed by atoms with Crippen molar-refractivity contribution in [1.29, 1.82) is 0 Å². The third kappa shape index (κ3) is 3.87. The second-order valence-corrected chi connectivity index (χ2v) is 6.84. The molecule has 1 aromatic heterocycles. The number of rotatable bonds is 5. The van der Waals surface area contributed by atoms with Crippen LogP contribution >= 0.6 is 0 Å². The molecule has 29 heavy (non-hydrogen) atoms. The Kier molecular flexibility index (Phi) is 5.33. The van der Waals surface area contributed by atoms with Crippen LogP contribution in [0, 0.1) is 0 Å². The van der Waals surface area contributed by atoms with E-state index < -0.39 is 0 Å². The monoisotopic (exact) mass is 389 g/mol. The maximum Gasteiger partial charge on any atom is 0.257 e. The molecule has 0 saturated carbocycles. The molecule has 0 aliphatic carbocycles. The number of ether oxygens (including phenoxy) is 2. The van der Waals surface area contributed by atoms with Crippen LogP contribution in [0.3, 0.4) is 0 Å². The minimum Gasteiger partial charge on any atom is -0.497 e. The molecule has 2 heterocycles. The number of hydrogen-bond donors (Lipinski definition) is 1. The van der Waals surface area contributed by atoms with Crippen LogP contribution in [-0.2, 0) is 13.0 Å². The first-order valence-electron chi connectivity index (χ1n) is 9.49. The summed E-state index contributed by atoms with van der Waals surface area (Å²) in [7, 11) is 3.27. The minimum absolute atomic E-state index is 0.0519. The van der Waals surface area contributed by atoms with E-state index in [2.05, 4.69) is 16.4 Å². The Labute approximate surface area is 170 Å². The SMILES string of the molecule is COc1ccc2c(c1)CN(C(=O)c1cccnc1Nc1ccccc1OC)CC2. The van der Waals surface area contributed by atoms with Crippen LogP contribution in [0.2, 0.25) is 0 Å². The summed E-state index contributed by atoms with van der Waals surface area (Å²) in [5.41, 5.74) is 3.67. The third-order valence-corrected chi connectivity index (χ3v) is 5.11. The van der Waals surface area contributed by atoms with Crippen molar-refractivity contribution in [3.63, 3.8) is 0 Å². The Morgan fingerprint density at radius 3 is 2.72 bits per heavy atom. The van der Waals surface area contributed by atoms with Gasteiger partial charge >= 0.3 is 0 Å². The van der Waals surface area contributed by atoms with Crippen LogP contribution in [0.15, 0.2) is 60.8 Å². The zero-order valence-corrected chi connectivity index (χ0v) is 16.5. The highest BCUT2D eigenvalue weighted by Crippen LogP contribution is 2.29. The number of fused-ring (bicyclic) bond motifs is 1. The number of carbonyl (C=O) groups excluding carboxylic acids is 1. The second kappa shape index (κ2) is 8.22. The molecule has 6 heteroatoms. The standard InChI is InChI=1S/C23H23N3O3/c1-28-18-10-9-16-11-13-26(15-17(16)14-18)23(27)19-6-5-12-24-22(19)25-20-7-3-4-8-21(20)29-2/h3-10,12,14H,11,13,15H2,1-2H3,(H,24,25). The molecule has 0 bridgehead atoms. The Morgan fingerprint density at radius 2 is 1.90 bits per heavy atom. The molecule has 0 atom stereocenters. The summed E-state index contributed by atoms with van der Waals surface area (Å²) in [5.74, 6) is 1.95. The maximum atomic E-state index is 13.3. The van der Waals surface area contributed by atoms with E-state index in [1.54, 1.807) is 32.5 Å². The van der Waals surface area contributed by atoms with E-state index in [4.69, 9.17) is 9.47 Å². The van der Waals surface area contributed by atoms with Gasteiger partial charge in [0.05, 0.1) is 25.5 Å². The highest BCUT2D eigenvalue weighted by Gasteiger charge is 2.24. The largest absolute Gasteiger partial charge is 0.497 e. The quantitative estimate of drug-likeness (QED) is 0.713. The molecule has 6 nitrogen and oxygen atoms in total. The van der Waals surface area contributed by atoms with Gasteiger partial charge in [-0.2, -0.15) is 0 Å². The fourth-order valence-corrected chi connectivity index (χ4v) is 3.56. The first-order valence-corrected chi connectivity index (χ1v) is 9.49. The molecule has 0 unspecified atom stereocenters. The fraction of sp³-hybridized carbons (Fsp3) is 0.217. The minimum atomic E-state index is -0.0519. The average molecular weight is 389 g/mol. The zero-order chi connectivity index (χ0) is 20.2. The number of nitrogens with zero attached hydrogens (tertiary/aromatic N) is 2. The number of carbonyl (C=O) groups is 1. The number of hydrogen-bond acceptors (Lipinski definition) is 5. The van der Waals surface area contributed by atoms with Crippen LogP contribution in [-0.4, -0.2) is 36.6 Å². The fourth-order valence-electron chi connectivity index (χ4n) is 3.56. The van der Waals surface area contributed by atoms with E-state index >= 15 is 0 Å². The van der Waals surface area contributed by atoms with Crippen molar-refractivity contribution in [3.8, 4) is 11.5 Å². The molecular weight excluding hydrogens is 366 g/mol. The molecule has 0 radical (unpaired) electrons. The number of aromatic nitrogens is 1. The number of para-hydroxylation sites is 2. The Bertz CT molecular complexity index is 1040. The van der Waals surface area contributed by atoms with Gasteiger partial charge in [-0.05, 0) is 53.9 Å². The summed E-state index contributed by atoms with van der Waals surface area (Å²) in [5, 5.41) is 3.25. The van der Waals surface area contributed by atoms with Gasteiger partial charge in [-0.1, -0.05) is 18.2 Å². The van der Waals surface area contributed by atoms with Crippen molar-refractivity contribution in [2.45, 2.75) is 13.0 Å². The number of nitrogens with one attached hydrogen (secondary N) is 1. The Hall–Kier alpha value is -3.54.